The standard InChI is InChI=1S/C11H13Cl2N/c12-10-4-3-9(7-11(10)13)8-14-5-1-2-6-14/h3-4,7H,1-2,5-6,8H2. The summed E-state index contributed by atoms with van der Waals surface area (Å²) in [5.41, 5.74) is 1.25. The van der Waals surface area contributed by atoms with Crippen LogP contribution in [0, 0.1) is 0 Å². The molecule has 0 aliphatic carbocycles. The molecule has 1 fully saturated rings. The average Bonchev–Trinajstić information content (AvgIpc) is 2.64. The molecule has 14 heavy (non-hydrogen) atoms. The van der Waals surface area contributed by atoms with Gasteiger partial charge in [-0.25, -0.2) is 0 Å². The topological polar surface area (TPSA) is 3.24 Å². The lowest BCUT2D eigenvalue weighted by molar-refractivity contribution is 0.331. The molecule has 0 unspecified atom stereocenters. The predicted molar refractivity (Wildman–Crippen MR) is 61.0 cm³/mol. The Kier molecular flexibility index (Phi) is 3.32. The van der Waals surface area contributed by atoms with Crippen molar-refractivity contribution < 1.29 is 0 Å². The third-order valence-electron chi connectivity index (χ3n) is 2.59. The highest BCUT2D eigenvalue weighted by molar-refractivity contribution is 6.42. The van der Waals surface area contributed by atoms with Gasteiger partial charge < -0.3 is 0 Å². The summed E-state index contributed by atoms with van der Waals surface area (Å²) in [6.45, 7) is 3.41. The van der Waals surface area contributed by atoms with Gasteiger partial charge >= 0.3 is 0 Å². The Bertz CT molecular complexity index is 319. The van der Waals surface area contributed by atoms with Gasteiger partial charge in [-0.2, -0.15) is 0 Å². The second-order valence-corrected chi connectivity index (χ2v) is 4.55. The second kappa shape index (κ2) is 4.52. The van der Waals surface area contributed by atoms with Crippen molar-refractivity contribution in [3.8, 4) is 0 Å². The van der Waals surface area contributed by atoms with E-state index in [1.54, 1.807) is 0 Å². The van der Waals surface area contributed by atoms with Crippen LogP contribution < -0.4 is 0 Å². The Labute approximate surface area is 94.6 Å². The van der Waals surface area contributed by atoms with E-state index in [9.17, 15) is 0 Å². The fourth-order valence-corrected chi connectivity index (χ4v) is 2.16. The lowest BCUT2D eigenvalue weighted by Gasteiger charge is -2.14. The van der Waals surface area contributed by atoms with Crippen LogP contribution in [0.25, 0.3) is 0 Å². The van der Waals surface area contributed by atoms with Crippen molar-refractivity contribution in [3.63, 3.8) is 0 Å². The molecule has 1 aromatic rings. The number of benzene rings is 1. The van der Waals surface area contributed by atoms with Crippen molar-refractivity contribution in [1.82, 2.24) is 4.90 Å². The van der Waals surface area contributed by atoms with Gasteiger partial charge in [0.25, 0.3) is 0 Å². The maximum Gasteiger partial charge on any atom is 0.0595 e. The molecular weight excluding hydrogens is 217 g/mol. The first kappa shape index (κ1) is 10.3. The lowest BCUT2D eigenvalue weighted by Crippen LogP contribution is -2.18. The summed E-state index contributed by atoms with van der Waals surface area (Å²) in [4.78, 5) is 2.44. The van der Waals surface area contributed by atoms with Gasteiger partial charge in [-0.15, -0.1) is 0 Å². The highest BCUT2D eigenvalue weighted by atomic mass is 35.5. The molecule has 0 N–H and O–H groups in total. The fraction of sp³-hybridized carbons (Fsp3) is 0.455. The summed E-state index contributed by atoms with van der Waals surface area (Å²) < 4.78 is 0. The third-order valence-corrected chi connectivity index (χ3v) is 3.33. The number of likely N-dealkylation sites (tertiary alicyclic amines) is 1. The summed E-state index contributed by atoms with van der Waals surface area (Å²) in [5, 5.41) is 1.29. The Morgan fingerprint density at radius 1 is 1.07 bits per heavy atom. The van der Waals surface area contributed by atoms with Crippen LogP contribution in [-0.2, 0) is 6.54 Å². The van der Waals surface area contributed by atoms with E-state index in [4.69, 9.17) is 23.2 Å². The molecule has 3 heteroatoms. The van der Waals surface area contributed by atoms with Gasteiger partial charge in [0.15, 0.2) is 0 Å². The van der Waals surface area contributed by atoms with Crippen LogP contribution in [0.1, 0.15) is 18.4 Å². The van der Waals surface area contributed by atoms with Crippen LogP contribution in [0.4, 0.5) is 0 Å². The predicted octanol–water partition coefficient (Wildman–Crippen LogP) is 3.59. The Hall–Kier alpha value is -0.240. The normalized spacial score (nSPS) is 17.6. The first-order valence-corrected chi connectivity index (χ1v) is 5.67. The van der Waals surface area contributed by atoms with E-state index in [1.165, 1.54) is 31.5 Å². The SMILES string of the molecule is Clc1ccc(CN2CCCC2)cc1Cl. The number of rotatable bonds is 2. The van der Waals surface area contributed by atoms with E-state index in [0.29, 0.717) is 10.0 Å². The first-order valence-electron chi connectivity index (χ1n) is 4.92. The highest BCUT2D eigenvalue weighted by Crippen LogP contribution is 2.23. The number of halogens is 2. The van der Waals surface area contributed by atoms with Gasteiger partial charge in [-0.05, 0) is 43.6 Å². The van der Waals surface area contributed by atoms with Gasteiger partial charge in [-0.3, -0.25) is 4.90 Å². The van der Waals surface area contributed by atoms with Crippen molar-refractivity contribution in [1.29, 1.82) is 0 Å². The van der Waals surface area contributed by atoms with Crippen LogP contribution in [0.3, 0.4) is 0 Å². The highest BCUT2D eigenvalue weighted by Gasteiger charge is 2.11. The minimum atomic E-state index is 0.636. The molecule has 1 saturated heterocycles. The lowest BCUT2D eigenvalue weighted by atomic mass is 10.2. The van der Waals surface area contributed by atoms with Crippen molar-refractivity contribution >= 4 is 23.2 Å². The largest absolute Gasteiger partial charge is 0.299 e. The number of nitrogens with zero attached hydrogens (tertiary/aromatic N) is 1. The minimum absolute atomic E-state index is 0.636. The van der Waals surface area contributed by atoms with Crippen molar-refractivity contribution in [2.75, 3.05) is 13.1 Å². The van der Waals surface area contributed by atoms with E-state index < -0.39 is 0 Å². The molecule has 1 aliphatic rings. The summed E-state index contributed by atoms with van der Waals surface area (Å²) in [6.07, 6.45) is 2.64. The van der Waals surface area contributed by atoms with Crippen LogP contribution in [0.2, 0.25) is 10.0 Å². The molecule has 0 saturated carbocycles. The second-order valence-electron chi connectivity index (χ2n) is 3.73. The molecule has 1 nitrogen and oxygen atoms in total. The smallest absolute Gasteiger partial charge is 0.0595 e. The molecule has 0 spiro atoms. The van der Waals surface area contributed by atoms with E-state index in [2.05, 4.69) is 4.90 Å². The Morgan fingerprint density at radius 2 is 1.79 bits per heavy atom. The molecule has 0 atom stereocenters. The Balaban J connectivity index is 2.05. The molecule has 0 radical (unpaired) electrons. The van der Waals surface area contributed by atoms with Crippen LogP contribution >= 0.6 is 23.2 Å². The maximum absolute atomic E-state index is 5.95. The molecule has 2 rings (SSSR count). The maximum atomic E-state index is 5.95. The molecule has 1 heterocycles. The third kappa shape index (κ3) is 2.41. The minimum Gasteiger partial charge on any atom is -0.299 e. The van der Waals surface area contributed by atoms with Gasteiger partial charge in [0.05, 0.1) is 10.0 Å². The van der Waals surface area contributed by atoms with Crippen molar-refractivity contribution in [3.05, 3.63) is 33.8 Å². The summed E-state index contributed by atoms with van der Waals surface area (Å²) >= 11 is 11.8. The number of hydrogen-bond acceptors (Lipinski definition) is 1. The summed E-state index contributed by atoms with van der Waals surface area (Å²) in [7, 11) is 0. The summed E-state index contributed by atoms with van der Waals surface area (Å²) in [6, 6.07) is 5.88. The quantitative estimate of drug-likeness (QED) is 0.750. The zero-order chi connectivity index (χ0) is 9.97. The molecular formula is C11H13Cl2N. The van der Waals surface area contributed by atoms with E-state index in [0.717, 1.165) is 6.54 Å². The van der Waals surface area contributed by atoms with Crippen molar-refractivity contribution in [2.45, 2.75) is 19.4 Å². The molecule has 76 valence electrons. The van der Waals surface area contributed by atoms with Gasteiger partial charge in [0.2, 0.25) is 0 Å². The zero-order valence-electron chi connectivity index (χ0n) is 7.97. The molecule has 0 aromatic heterocycles. The Morgan fingerprint density at radius 3 is 2.43 bits per heavy atom. The van der Waals surface area contributed by atoms with Gasteiger partial charge in [0.1, 0.15) is 0 Å². The molecule has 0 amide bonds. The van der Waals surface area contributed by atoms with Crippen molar-refractivity contribution in [2.24, 2.45) is 0 Å². The van der Waals surface area contributed by atoms with Gasteiger partial charge in [0, 0.05) is 6.54 Å². The van der Waals surface area contributed by atoms with Crippen LogP contribution in [0.15, 0.2) is 18.2 Å². The fourth-order valence-electron chi connectivity index (χ4n) is 1.84. The zero-order valence-corrected chi connectivity index (χ0v) is 9.48. The van der Waals surface area contributed by atoms with Crippen LogP contribution in [0.5, 0.6) is 0 Å². The monoisotopic (exact) mass is 229 g/mol. The molecule has 0 bridgehead atoms. The molecule has 1 aromatic carbocycles. The first-order chi connectivity index (χ1) is 6.75. The van der Waals surface area contributed by atoms with Crippen LogP contribution in [-0.4, -0.2) is 18.0 Å². The van der Waals surface area contributed by atoms with E-state index in [-0.39, 0.29) is 0 Å². The van der Waals surface area contributed by atoms with Gasteiger partial charge in [-0.1, -0.05) is 29.3 Å². The average molecular weight is 230 g/mol. The number of hydrogen-bond donors (Lipinski definition) is 0. The molecule has 1 aliphatic heterocycles. The van der Waals surface area contributed by atoms with E-state index in [1.807, 2.05) is 18.2 Å². The summed E-state index contributed by atoms with van der Waals surface area (Å²) in [5.74, 6) is 0. The van der Waals surface area contributed by atoms with E-state index >= 15 is 0 Å².